The van der Waals surface area contributed by atoms with Gasteiger partial charge in [-0.2, -0.15) is 26.3 Å². The Morgan fingerprint density at radius 3 is 2.31 bits per heavy atom. The van der Waals surface area contributed by atoms with Gasteiger partial charge in [0.25, 0.3) is 0 Å². The summed E-state index contributed by atoms with van der Waals surface area (Å²) in [6.45, 7) is 7.74. The monoisotopic (exact) mass is 592 g/mol. The maximum Gasteiger partial charge on any atom is 0.416 e. The fourth-order valence-corrected chi connectivity index (χ4v) is 7.72. The average molecular weight is 593 g/mol. The number of alkyl halides is 6. The largest absolute Gasteiger partial charge is 0.416 e. The number of nitrogens with zero attached hydrogens (tertiary/aromatic N) is 1. The van der Waals surface area contributed by atoms with Gasteiger partial charge in [-0.1, -0.05) is 57.2 Å². The Morgan fingerprint density at radius 2 is 1.69 bits per heavy atom. The van der Waals surface area contributed by atoms with E-state index in [9.17, 15) is 31.1 Å². The van der Waals surface area contributed by atoms with Gasteiger partial charge in [0.05, 0.1) is 16.5 Å². The molecule has 5 rings (SSSR count). The molecular formula is C33H38F6N2O. The molecule has 9 heteroatoms. The normalized spacial score (nSPS) is 28.0. The topological polar surface area (TPSA) is 32.3 Å². The van der Waals surface area contributed by atoms with E-state index in [4.69, 9.17) is 0 Å². The smallest absolute Gasteiger partial charge is 0.352 e. The van der Waals surface area contributed by atoms with E-state index in [1.54, 1.807) is 0 Å². The van der Waals surface area contributed by atoms with E-state index in [0.717, 1.165) is 25.9 Å². The van der Waals surface area contributed by atoms with Crippen molar-refractivity contribution in [1.29, 1.82) is 0 Å². The van der Waals surface area contributed by atoms with Crippen molar-refractivity contribution in [2.75, 3.05) is 13.1 Å². The Balaban J connectivity index is 1.29. The van der Waals surface area contributed by atoms with Gasteiger partial charge < -0.3 is 5.32 Å². The number of carbonyl (C=O) groups is 1. The van der Waals surface area contributed by atoms with E-state index in [1.165, 1.54) is 11.1 Å². The number of piperidine rings is 1. The van der Waals surface area contributed by atoms with E-state index < -0.39 is 35.4 Å². The van der Waals surface area contributed by atoms with Crippen LogP contribution in [0, 0.1) is 17.3 Å². The molecule has 0 bridgehead atoms. The Kier molecular flexibility index (Phi) is 8.05. The lowest BCUT2D eigenvalue weighted by molar-refractivity contribution is -0.143. The second kappa shape index (κ2) is 11.0. The van der Waals surface area contributed by atoms with Gasteiger partial charge in [-0.25, -0.2) is 0 Å². The Hall–Kier alpha value is -2.81. The van der Waals surface area contributed by atoms with Crippen LogP contribution in [-0.2, 0) is 29.1 Å². The van der Waals surface area contributed by atoms with E-state index in [-0.39, 0.29) is 34.9 Å². The molecule has 1 amide bonds. The first-order valence-corrected chi connectivity index (χ1v) is 14.7. The summed E-state index contributed by atoms with van der Waals surface area (Å²) < 4.78 is 80.0. The highest BCUT2D eigenvalue weighted by molar-refractivity contribution is 5.83. The summed E-state index contributed by atoms with van der Waals surface area (Å²) in [7, 11) is 0. The van der Waals surface area contributed by atoms with Crippen LogP contribution in [0.4, 0.5) is 26.3 Å². The van der Waals surface area contributed by atoms with E-state index in [2.05, 4.69) is 53.6 Å². The molecule has 0 aromatic heterocycles. The molecule has 1 spiro atoms. The van der Waals surface area contributed by atoms with Crippen molar-refractivity contribution in [1.82, 2.24) is 10.2 Å². The molecule has 2 aliphatic carbocycles. The molecule has 4 atom stereocenters. The van der Waals surface area contributed by atoms with Gasteiger partial charge in [0.15, 0.2) is 0 Å². The van der Waals surface area contributed by atoms with Crippen LogP contribution >= 0.6 is 0 Å². The highest BCUT2D eigenvalue weighted by atomic mass is 19.4. The summed E-state index contributed by atoms with van der Waals surface area (Å²) >= 11 is 0. The zero-order valence-electron chi connectivity index (χ0n) is 24.2. The minimum atomic E-state index is -4.93. The molecule has 1 saturated heterocycles. The number of halogens is 6. The first-order valence-electron chi connectivity index (χ1n) is 14.7. The number of fused-ring (bicyclic) bond motifs is 2. The zero-order chi connectivity index (χ0) is 30.5. The lowest BCUT2D eigenvalue weighted by Crippen LogP contribution is -2.51. The van der Waals surface area contributed by atoms with Crippen molar-refractivity contribution in [3.8, 4) is 0 Å². The fourth-order valence-electron chi connectivity index (χ4n) is 7.72. The molecule has 228 valence electrons. The predicted molar refractivity (Wildman–Crippen MR) is 150 cm³/mol. The number of hydrogen-bond donors (Lipinski definition) is 1. The van der Waals surface area contributed by atoms with Crippen LogP contribution in [0.2, 0.25) is 0 Å². The maximum atomic E-state index is 13.7. The average Bonchev–Trinajstić information content (AvgIpc) is 3.51. The molecule has 1 heterocycles. The van der Waals surface area contributed by atoms with Crippen LogP contribution in [0.15, 0.2) is 48.5 Å². The zero-order valence-corrected chi connectivity index (χ0v) is 24.2. The van der Waals surface area contributed by atoms with Gasteiger partial charge in [-0.3, -0.25) is 9.69 Å². The third-order valence-corrected chi connectivity index (χ3v) is 9.70. The van der Waals surface area contributed by atoms with Gasteiger partial charge in [0.2, 0.25) is 5.91 Å². The van der Waals surface area contributed by atoms with Crippen LogP contribution in [0.25, 0.3) is 6.08 Å². The van der Waals surface area contributed by atoms with Crippen molar-refractivity contribution in [3.63, 3.8) is 0 Å². The third-order valence-electron chi connectivity index (χ3n) is 9.70. The highest BCUT2D eigenvalue weighted by Gasteiger charge is 2.50. The Labute approximate surface area is 243 Å². The molecule has 3 nitrogen and oxygen atoms in total. The number of rotatable bonds is 6. The van der Waals surface area contributed by atoms with Crippen LogP contribution in [0.3, 0.4) is 0 Å². The van der Waals surface area contributed by atoms with Crippen LogP contribution in [0.5, 0.6) is 0 Å². The third kappa shape index (κ3) is 5.86. The summed E-state index contributed by atoms with van der Waals surface area (Å²) in [6.07, 6.45) is -1.62. The molecule has 0 radical (unpaired) electrons. The second-order valence-electron chi connectivity index (χ2n) is 13.0. The molecule has 1 saturated carbocycles. The maximum absolute atomic E-state index is 13.7. The van der Waals surface area contributed by atoms with E-state index >= 15 is 0 Å². The Morgan fingerprint density at radius 1 is 1.02 bits per heavy atom. The molecule has 1 N–H and O–H groups in total. The van der Waals surface area contributed by atoms with E-state index in [1.807, 2.05) is 13.8 Å². The van der Waals surface area contributed by atoms with Crippen molar-refractivity contribution >= 4 is 12.0 Å². The second-order valence-corrected chi connectivity index (χ2v) is 13.0. The van der Waals surface area contributed by atoms with Gasteiger partial charge in [-0.15, -0.1) is 0 Å². The van der Waals surface area contributed by atoms with Crippen LogP contribution < -0.4 is 5.32 Å². The fraction of sp³-hybridized carbons (Fsp3) is 0.545. The minimum Gasteiger partial charge on any atom is -0.352 e. The quantitative estimate of drug-likeness (QED) is 0.343. The lowest BCUT2D eigenvalue weighted by Gasteiger charge is -2.46. The molecule has 3 aliphatic rings. The molecule has 42 heavy (non-hydrogen) atoms. The van der Waals surface area contributed by atoms with Gasteiger partial charge in [0.1, 0.15) is 0 Å². The number of carbonyl (C=O) groups excluding carboxylic acids is 1. The summed E-state index contributed by atoms with van der Waals surface area (Å²) in [6, 6.07) is 10.2. The number of nitrogens with one attached hydrogen (secondary N) is 1. The standard InChI is InChI=1S/C33H38F6N2O/c1-21(2)17-30(29(42)40-19-23-14-25(32(34,35)36)16-26(15-23)33(37,38)39)10-9-27(18-30)41-13-12-31(22(3)20-41)11-8-24-6-4-5-7-28(24)31/h4-8,11,14-16,21-22,27H,9-10,12-13,17-20H2,1-3H3,(H,40,42)/t22-,27+,30+,31+/m0/s1. The van der Waals surface area contributed by atoms with Crippen molar-refractivity contribution < 1.29 is 31.1 Å². The molecule has 2 fully saturated rings. The number of benzene rings is 2. The summed E-state index contributed by atoms with van der Waals surface area (Å²) in [5.41, 5.74) is -1.04. The first-order chi connectivity index (χ1) is 19.6. The van der Waals surface area contributed by atoms with Crippen LogP contribution in [-0.4, -0.2) is 29.9 Å². The van der Waals surface area contributed by atoms with Gasteiger partial charge in [-0.05, 0) is 85.4 Å². The van der Waals surface area contributed by atoms with E-state index in [0.29, 0.717) is 37.3 Å². The molecule has 2 aromatic carbocycles. The number of likely N-dealkylation sites (tertiary alicyclic amines) is 1. The molecule has 0 unspecified atom stereocenters. The molecule has 2 aromatic rings. The van der Waals surface area contributed by atoms with Gasteiger partial charge >= 0.3 is 12.4 Å². The SMILES string of the molecule is CC(C)C[C@]1(C(=O)NCc2cc(C(F)(F)F)cc(C(F)(F)F)c2)CC[C@@H](N2CC[C@]3(C=Cc4ccccc43)[C@@H](C)C2)C1. The number of hydrogen-bond acceptors (Lipinski definition) is 2. The van der Waals surface area contributed by atoms with Crippen molar-refractivity contribution in [2.24, 2.45) is 17.3 Å². The first kappa shape index (κ1) is 30.6. The van der Waals surface area contributed by atoms with Crippen LogP contribution in [0.1, 0.15) is 80.7 Å². The van der Waals surface area contributed by atoms with Gasteiger partial charge in [0, 0.05) is 24.5 Å². The molecular weight excluding hydrogens is 554 g/mol. The summed E-state index contributed by atoms with van der Waals surface area (Å²) in [4.78, 5) is 16.2. The highest BCUT2D eigenvalue weighted by Crippen LogP contribution is 2.50. The lowest BCUT2D eigenvalue weighted by atomic mass is 9.67. The summed E-state index contributed by atoms with van der Waals surface area (Å²) in [5.74, 6) is 0.284. The number of allylic oxidation sites excluding steroid dienone is 1. The predicted octanol–water partition coefficient (Wildman–Crippen LogP) is 8.23. The minimum absolute atomic E-state index is 0.0122. The molecule has 1 aliphatic heterocycles. The summed E-state index contributed by atoms with van der Waals surface area (Å²) in [5, 5.41) is 2.73. The van der Waals surface area contributed by atoms with Crippen molar-refractivity contribution in [3.05, 3.63) is 76.4 Å². The van der Waals surface area contributed by atoms with Crippen molar-refractivity contribution in [2.45, 2.75) is 83.2 Å². The Bertz CT molecular complexity index is 1320. The number of amides is 1.